The zero-order valence-electron chi connectivity index (χ0n) is 12.6. The Bertz CT molecular complexity index is 692. The molecule has 1 unspecified atom stereocenters. The number of carbonyl (C=O) groups is 1. The second-order valence-electron chi connectivity index (χ2n) is 5.93. The molecule has 0 spiro atoms. The number of carbonyl (C=O) groups excluding carboxylic acids is 1. The van der Waals surface area contributed by atoms with E-state index in [9.17, 15) is 4.79 Å². The molecule has 2 nitrogen and oxygen atoms in total. The lowest BCUT2D eigenvalue weighted by atomic mass is 9.89. The quantitative estimate of drug-likeness (QED) is 0.742. The van der Waals surface area contributed by atoms with E-state index in [1.54, 1.807) is 0 Å². The summed E-state index contributed by atoms with van der Waals surface area (Å²) >= 11 is 0. The predicted octanol–water partition coefficient (Wildman–Crippen LogP) is 4.84. The van der Waals surface area contributed by atoms with E-state index in [0.29, 0.717) is 11.3 Å². The van der Waals surface area contributed by atoms with Gasteiger partial charge >= 0.3 is 0 Å². The Kier molecular flexibility index (Phi) is 4.34. The lowest BCUT2D eigenvalue weighted by Crippen LogP contribution is -2.10. The summed E-state index contributed by atoms with van der Waals surface area (Å²) in [6.45, 7) is 0. The molecule has 110 valence electrons. The van der Waals surface area contributed by atoms with Crippen LogP contribution in [0.1, 0.15) is 49.1 Å². The molecule has 0 saturated heterocycles. The molecule has 1 atom stereocenters. The highest BCUT2D eigenvalue weighted by atomic mass is 16.1. The second-order valence-corrected chi connectivity index (χ2v) is 5.93. The molecule has 2 aromatic carbocycles. The molecule has 2 heteroatoms. The van der Waals surface area contributed by atoms with E-state index in [-0.39, 0.29) is 5.92 Å². The van der Waals surface area contributed by atoms with E-state index >= 15 is 0 Å². The first-order valence-corrected chi connectivity index (χ1v) is 7.91. The third-order valence-electron chi connectivity index (χ3n) is 4.47. The molecule has 22 heavy (non-hydrogen) atoms. The van der Waals surface area contributed by atoms with Gasteiger partial charge in [0.05, 0.1) is 11.6 Å². The number of hydrogen-bond acceptors (Lipinski definition) is 2. The molecule has 0 bridgehead atoms. The maximum atomic E-state index is 12.2. The summed E-state index contributed by atoms with van der Waals surface area (Å²) in [4.78, 5) is 12.2. The first-order chi connectivity index (χ1) is 10.8. The van der Waals surface area contributed by atoms with Gasteiger partial charge in [-0.1, -0.05) is 49.2 Å². The summed E-state index contributed by atoms with van der Waals surface area (Å²) in [6.07, 6.45) is 5.06. The van der Waals surface area contributed by atoms with E-state index in [2.05, 4.69) is 30.3 Å². The molecule has 1 saturated carbocycles. The van der Waals surface area contributed by atoms with Gasteiger partial charge in [0.15, 0.2) is 0 Å². The van der Waals surface area contributed by atoms with Crippen molar-refractivity contribution in [3.8, 4) is 17.2 Å². The van der Waals surface area contributed by atoms with Crippen LogP contribution >= 0.6 is 0 Å². The monoisotopic (exact) mass is 289 g/mol. The third-order valence-corrected chi connectivity index (χ3v) is 4.47. The van der Waals surface area contributed by atoms with Crippen molar-refractivity contribution in [2.24, 2.45) is 0 Å². The van der Waals surface area contributed by atoms with Gasteiger partial charge in [0.25, 0.3) is 0 Å². The van der Waals surface area contributed by atoms with Gasteiger partial charge in [0.1, 0.15) is 5.78 Å². The maximum Gasteiger partial charge on any atom is 0.140 e. The Morgan fingerprint density at radius 3 is 2.14 bits per heavy atom. The van der Waals surface area contributed by atoms with Crippen LogP contribution in [0.5, 0.6) is 0 Å². The predicted molar refractivity (Wildman–Crippen MR) is 87.4 cm³/mol. The van der Waals surface area contributed by atoms with Gasteiger partial charge in [-0.25, -0.2) is 0 Å². The van der Waals surface area contributed by atoms with Crippen molar-refractivity contribution in [3.63, 3.8) is 0 Å². The molecule has 3 rings (SSSR count). The van der Waals surface area contributed by atoms with Crippen LogP contribution in [-0.2, 0) is 4.79 Å². The molecule has 0 amide bonds. The van der Waals surface area contributed by atoms with E-state index in [1.807, 2.05) is 24.3 Å². The number of Topliss-reactive ketones (excluding diaryl/α,β-unsaturated/α-hetero) is 1. The van der Waals surface area contributed by atoms with Crippen LogP contribution in [0.4, 0.5) is 0 Å². The molecule has 0 radical (unpaired) electrons. The number of benzene rings is 2. The Morgan fingerprint density at radius 2 is 1.50 bits per heavy atom. The second kappa shape index (κ2) is 6.58. The average molecular weight is 289 g/mol. The molecule has 0 heterocycles. The summed E-state index contributed by atoms with van der Waals surface area (Å²) in [5.41, 5.74) is 4.03. The molecular formula is C20H19NO. The van der Waals surface area contributed by atoms with E-state index in [4.69, 9.17) is 5.26 Å². The van der Waals surface area contributed by atoms with Crippen molar-refractivity contribution in [2.75, 3.05) is 0 Å². The Labute approximate surface area is 131 Å². The van der Waals surface area contributed by atoms with Crippen molar-refractivity contribution in [1.29, 1.82) is 5.26 Å². The van der Waals surface area contributed by atoms with Crippen molar-refractivity contribution in [3.05, 3.63) is 59.7 Å². The van der Waals surface area contributed by atoms with Crippen LogP contribution in [0.3, 0.4) is 0 Å². The Balaban J connectivity index is 1.82. The summed E-state index contributed by atoms with van der Waals surface area (Å²) in [5.74, 6) is 0.473. The van der Waals surface area contributed by atoms with Crippen LogP contribution in [0.2, 0.25) is 0 Å². The summed E-state index contributed by atoms with van der Waals surface area (Å²) in [5, 5.41) is 8.85. The number of rotatable bonds is 2. The van der Waals surface area contributed by atoms with Gasteiger partial charge in [-0.3, -0.25) is 4.79 Å². The minimum Gasteiger partial charge on any atom is -0.299 e. The zero-order valence-corrected chi connectivity index (χ0v) is 12.6. The van der Waals surface area contributed by atoms with Crippen LogP contribution in [0.15, 0.2) is 48.5 Å². The van der Waals surface area contributed by atoms with E-state index in [1.165, 1.54) is 6.42 Å². The highest BCUT2D eigenvalue weighted by Crippen LogP contribution is 2.30. The topological polar surface area (TPSA) is 40.9 Å². The fourth-order valence-corrected chi connectivity index (χ4v) is 3.16. The average Bonchev–Trinajstić information content (AvgIpc) is 2.80. The van der Waals surface area contributed by atoms with Crippen molar-refractivity contribution < 1.29 is 4.79 Å². The van der Waals surface area contributed by atoms with Crippen LogP contribution in [0, 0.1) is 11.3 Å². The van der Waals surface area contributed by atoms with Gasteiger partial charge in [0.2, 0.25) is 0 Å². The van der Waals surface area contributed by atoms with Gasteiger partial charge in [0, 0.05) is 12.3 Å². The third kappa shape index (κ3) is 3.09. The number of nitrogens with zero attached hydrogens (tertiary/aromatic N) is 1. The van der Waals surface area contributed by atoms with Gasteiger partial charge in [-0.05, 0) is 41.7 Å². The number of hydrogen-bond donors (Lipinski definition) is 0. The summed E-state index contributed by atoms with van der Waals surface area (Å²) in [6, 6.07) is 18.0. The van der Waals surface area contributed by atoms with E-state index in [0.717, 1.165) is 42.4 Å². The van der Waals surface area contributed by atoms with Gasteiger partial charge in [-0.2, -0.15) is 5.26 Å². The fourth-order valence-electron chi connectivity index (χ4n) is 3.16. The molecule has 1 aliphatic rings. The molecule has 1 fully saturated rings. The standard InChI is InChI=1S/C20H19NO/c21-14-15-6-8-16(9-7-15)17-10-12-18(13-11-17)19-4-2-1-3-5-20(19)22/h6-13,19H,1-5H2. The number of ketones is 1. The lowest BCUT2D eigenvalue weighted by molar-refractivity contribution is -0.120. The largest absolute Gasteiger partial charge is 0.299 e. The molecular weight excluding hydrogens is 270 g/mol. The summed E-state index contributed by atoms with van der Waals surface area (Å²) in [7, 11) is 0. The zero-order chi connectivity index (χ0) is 15.4. The van der Waals surface area contributed by atoms with E-state index < -0.39 is 0 Å². The van der Waals surface area contributed by atoms with Crippen molar-refractivity contribution in [2.45, 2.75) is 38.0 Å². The molecule has 0 aliphatic heterocycles. The molecule has 0 aromatic heterocycles. The highest BCUT2D eigenvalue weighted by molar-refractivity contribution is 5.86. The van der Waals surface area contributed by atoms with Crippen LogP contribution in [0.25, 0.3) is 11.1 Å². The SMILES string of the molecule is N#Cc1ccc(-c2ccc(C3CCCCCC3=O)cc2)cc1. The molecule has 2 aromatic rings. The minimum absolute atomic E-state index is 0.0810. The first kappa shape index (κ1) is 14.5. The van der Waals surface area contributed by atoms with Crippen molar-refractivity contribution >= 4 is 5.78 Å². The van der Waals surface area contributed by atoms with Crippen molar-refractivity contribution in [1.82, 2.24) is 0 Å². The van der Waals surface area contributed by atoms with Crippen LogP contribution in [-0.4, -0.2) is 5.78 Å². The molecule has 0 N–H and O–H groups in total. The van der Waals surface area contributed by atoms with Gasteiger partial charge < -0.3 is 0 Å². The summed E-state index contributed by atoms with van der Waals surface area (Å²) < 4.78 is 0. The van der Waals surface area contributed by atoms with Crippen LogP contribution < -0.4 is 0 Å². The Hall–Kier alpha value is -2.40. The lowest BCUT2D eigenvalue weighted by Gasteiger charge is -2.14. The highest BCUT2D eigenvalue weighted by Gasteiger charge is 2.22. The first-order valence-electron chi connectivity index (χ1n) is 7.91. The molecule has 1 aliphatic carbocycles. The normalized spacial score (nSPS) is 18.5. The van der Waals surface area contributed by atoms with Gasteiger partial charge in [-0.15, -0.1) is 0 Å². The Morgan fingerprint density at radius 1 is 0.864 bits per heavy atom. The smallest absolute Gasteiger partial charge is 0.140 e. The fraction of sp³-hybridized carbons (Fsp3) is 0.300. The number of nitriles is 1. The maximum absolute atomic E-state index is 12.2. The minimum atomic E-state index is 0.0810.